The van der Waals surface area contributed by atoms with E-state index < -0.39 is 0 Å². The standard InChI is InChI=1S/C12H20N4/c1-9-7-11(13-2)15-12(14-9)10-5-4-6-16(3)8-10/h7,10H,4-6,8H2,1-3H3,(H,13,14,15)/t10-/m0/s1. The molecule has 4 heteroatoms. The fourth-order valence-electron chi connectivity index (χ4n) is 2.28. The van der Waals surface area contributed by atoms with Crippen LogP contribution in [-0.2, 0) is 0 Å². The Bertz CT molecular complexity index is 364. The van der Waals surface area contributed by atoms with E-state index in [1.807, 2.05) is 20.0 Å². The summed E-state index contributed by atoms with van der Waals surface area (Å²) in [5.74, 6) is 2.41. The predicted molar refractivity (Wildman–Crippen MR) is 65.8 cm³/mol. The normalized spacial score (nSPS) is 22.1. The average molecular weight is 220 g/mol. The lowest BCUT2D eigenvalue weighted by Crippen LogP contribution is -2.31. The summed E-state index contributed by atoms with van der Waals surface area (Å²) >= 11 is 0. The van der Waals surface area contributed by atoms with Gasteiger partial charge < -0.3 is 10.2 Å². The molecule has 16 heavy (non-hydrogen) atoms. The van der Waals surface area contributed by atoms with Crippen LogP contribution < -0.4 is 5.32 Å². The highest BCUT2D eigenvalue weighted by Gasteiger charge is 2.21. The van der Waals surface area contributed by atoms with E-state index in [1.54, 1.807) is 0 Å². The van der Waals surface area contributed by atoms with Crippen molar-refractivity contribution < 1.29 is 0 Å². The van der Waals surface area contributed by atoms with Crippen LogP contribution >= 0.6 is 0 Å². The van der Waals surface area contributed by atoms with Crippen molar-refractivity contribution in [2.24, 2.45) is 0 Å². The number of likely N-dealkylation sites (N-methyl/N-ethyl adjacent to an activating group) is 1. The monoisotopic (exact) mass is 220 g/mol. The smallest absolute Gasteiger partial charge is 0.135 e. The molecule has 0 aliphatic carbocycles. The van der Waals surface area contributed by atoms with Crippen LogP contribution in [-0.4, -0.2) is 42.1 Å². The first-order valence-electron chi connectivity index (χ1n) is 5.91. The summed E-state index contributed by atoms with van der Waals surface area (Å²) in [6.07, 6.45) is 2.45. The molecule has 0 saturated carbocycles. The van der Waals surface area contributed by atoms with E-state index in [0.29, 0.717) is 5.92 Å². The van der Waals surface area contributed by atoms with Crippen molar-refractivity contribution in [2.45, 2.75) is 25.7 Å². The van der Waals surface area contributed by atoms with E-state index in [-0.39, 0.29) is 0 Å². The number of likely N-dealkylation sites (tertiary alicyclic amines) is 1. The van der Waals surface area contributed by atoms with Crippen molar-refractivity contribution in [3.63, 3.8) is 0 Å². The third-order valence-electron chi connectivity index (χ3n) is 3.12. The molecule has 1 aromatic rings. The second-order valence-corrected chi connectivity index (χ2v) is 4.60. The number of anilines is 1. The number of nitrogens with one attached hydrogen (secondary N) is 1. The maximum absolute atomic E-state index is 4.56. The summed E-state index contributed by atoms with van der Waals surface area (Å²) < 4.78 is 0. The molecule has 2 heterocycles. The van der Waals surface area contributed by atoms with Crippen LogP contribution in [0.25, 0.3) is 0 Å². The molecule has 0 spiro atoms. The van der Waals surface area contributed by atoms with Crippen LogP contribution in [0.5, 0.6) is 0 Å². The summed E-state index contributed by atoms with van der Waals surface area (Å²) in [6.45, 7) is 4.30. The lowest BCUT2D eigenvalue weighted by Gasteiger charge is -2.28. The second-order valence-electron chi connectivity index (χ2n) is 4.60. The van der Waals surface area contributed by atoms with Gasteiger partial charge in [-0.05, 0) is 33.4 Å². The fraction of sp³-hybridized carbons (Fsp3) is 0.667. The van der Waals surface area contributed by atoms with Crippen LogP contribution in [0.1, 0.15) is 30.3 Å². The molecule has 0 unspecified atom stereocenters. The van der Waals surface area contributed by atoms with Crippen LogP contribution in [0.15, 0.2) is 6.07 Å². The minimum absolute atomic E-state index is 0.491. The molecular formula is C12H20N4. The Kier molecular flexibility index (Phi) is 3.39. The van der Waals surface area contributed by atoms with Crippen molar-refractivity contribution in [3.8, 4) is 0 Å². The maximum atomic E-state index is 4.56. The highest BCUT2D eigenvalue weighted by Crippen LogP contribution is 2.24. The molecule has 1 aliphatic heterocycles. The zero-order chi connectivity index (χ0) is 11.5. The maximum Gasteiger partial charge on any atom is 0.135 e. The molecule has 4 nitrogen and oxygen atoms in total. The molecule has 1 fully saturated rings. The molecule has 1 aromatic heterocycles. The van der Waals surface area contributed by atoms with Gasteiger partial charge in [0, 0.05) is 31.3 Å². The highest BCUT2D eigenvalue weighted by molar-refractivity contribution is 5.35. The van der Waals surface area contributed by atoms with Crippen LogP contribution in [0.4, 0.5) is 5.82 Å². The van der Waals surface area contributed by atoms with Crippen LogP contribution in [0, 0.1) is 6.92 Å². The number of nitrogens with zero attached hydrogens (tertiary/aromatic N) is 3. The minimum atomic E-state index is 0.491. The third-order valence-corrected chi connectivity index (χ3v) is 3.12. The summed E-state index contributed by atoms with van der Waals surface area (Å²) in [4.78, 5) is 11.5. The van der Waals surface area contributed by atoms with E-state index in [1.165, 1.54) is 19.4 Å². The number of rotatable bonds is 2. The van der Waals surface area contributed by atoms with Gasteiger partial charge in [0.2, 0.25) is 0 Å². The Hall–Kier alpha value is -1.16. The first-order chi connectivity index (χ1) is 7.69. The zero-order valence-electron chi connectivity index (χ0n) is 10.3. The molecule has 1 saturated heterocycles. The van der Waals surface area contributed by atoms with Crippen molar-refractivity contribution >= 4 is 5.82 Å². The topological polar surface area (TPSA) is 41.1 Å². The Morgan fingerprint density at radius 3 is 2.94 bits per heavy atom. The van der Waals surface area contributed by atoms with Gasteiger partial charge in [-0.3, -0.25) is 0 Å². The summed E-state index contributed by atoms with van der Waals surface area (Å²) in [5, 5.41) is 3.09. The molecule has 1 aliphatic rings. The Balaban J connectivity index is 2.21. The Morgan fingerprint density at radius 2 is 2.25 bits per heavy atom. The predicted octanol–water partition coefficient (Wildman–Crippen LogP) is 1.64. The van der Waals surface area contributed by atoms with Crippen LogP contribution in [0.3, 0.4) is 0 Å². The van der Waals surface area contributed by atoms with E-state index in [2.05, 4.69) is 27.2 Å². The summed E-state index contributed by atoms with van der Waals surface area (Å²) in [7, 11) is 4.07. The van der Waals surface area contributed by atoms with Gasteiger partial charge in [0.05, 0.1) is 0 Å². The summed E-state index contributed by atoms with van der Waals surface area (Å²) in [5.41, 5.74) is 1.04. The molecule has 0 amide bonds. The number of aryl methyl sites for hydroxylation is 1. The quantitative estimate of drug-likeness (QED) is 0.822. The molecule has 88 valence electrons. The Labute approximate surface area is 97.1 Å². The number of hydrogen-bond acceptors (Lipinski definition) is 4. The van der Waals surface area contributed by atoms with Gasteiger partial charge in [0.1, 0.15) is 11.6 Å². The molecule has 1 atom stereocenters. The van der Waals surface area contributed by atoms with Gasteiger partial charge in [-0.1, -0.05) is 0 Å². The average Bonchev–Trinajstić information content (AvgIpc) is 2.28. The van der Waals surface area contributed by atoms with Gasteiger partial charge in [0.15, 0.2) is 0 Å². The zero-order valence-corrected chi connectivity index (χ0v) is 10.3. The molecule has 0 radical (unpaired) electrons. The Morgan fingerprint density at radius 1 is 1.44 bits per heavy atom. The number of aromatic nitrogens is 2. The lowest BCUT2D eigenvalue weighted by molar-refractivity contribution is 0.246. The van der Waals surface area contributed by atoms with Gasteiger partial charge in [-0.2, -0.15) is 0 Å². The van der Waals surface area contributed by atoms with Crippen LogP contribution in [0.2, 0.25) is 0 Å². The highest BCUT2D eigenvalue weighted by atomic mass is 15.1. The van der Waals surface area contributed by atoms with E-state index in [9.17, 15) is 0 Å². The lowest BCUT2D eigenvalue weighted by atomic mass is 9.97. The molecule has 0 aromatic carbocycles. The van der Waals surface area contributed by atoms with Gasteiger partial charge in [-0.15, -0.1) is 0 Å². The van der Waals surface area contributed by atoms with Crippen molar-refractivity contribution in [1.82, 2.24) is 14.9 Å². The molecule has 1 N–H and O–H groups in total. The molecule has 2 rings (SSSR count). The minimum Gasteiger partial charge on any atom is -0.373 e. The molecule has 0 bridgehead atoms. The van der Waals surface area contributed by atoms with Gasteiger partial charge in [0.25, 0.3) is 0 Å². The third kappa shape index (κ3) is 2.50. The number of piperidine rings is 1. The van der Waals surface area contributed by atoms with Gasteiger partial charge in [-0.25, -0.2) is 9.97 Å². The van der Waals surface area contributed by atoms with E-state index in [0.717, 1.165) is 23.9 Å². The fourth-order valence-corrected chi connectivity index (χ4v) is 2.28. The van der Waals surface area contributed by atoms with E-state index in [4.69, 9.17) is 0 Å². The first kappa shape index (κ1) is 11.3. The van der Waals surface area contributed by atoms with Crippen molar-refractivity contribution in [3.05, 3.63) is 17.6 Å². The van der Waals surface area contributed by atoms with Crippen molar-refractivity contribution in [2.75, 3.05) is 32.5 Å². The van der Waals surface area contributed by atoms with E-state index >= 15 is 0 Å². The van der Waals surface area contributed by atoms with Crippen molar-refractivity contribution in [1.29, 1.82) is 0 Å². The number of hydrogen-bond donors (Lipinski definition) is 1. The second kappa shape index (κ2) is 4.78. The van der Waals surface area contributed by atoms with Gasteiger partial charge >= 0.3 is 0 Å². The largest absolute Gasteiger partial charge is 0.373 e. The SMILES string of the molecule is CNc1cc(C)nc([C@H]2CCCN(C)C2)n1. The molecular weight excluding hydrogens is 200 g/mol. The first-order valence-corrected chi connectivity index (χ1v) is 5.91. The summed E-state index contributed by atoms with van der Waals surface area (Å²) in [6, 6.07) is 1.98.